The topological polar surface area (TPSA) is 67.3 Å². The number of hydrogen-bond acceptors (Lipinski definition) is 3. The first kappa shape index (κ1) is 19.5. The number of aromatic carboxylic acids is 1. The van der Waals surface area contributed by atoms with Crippen molar-refractivity contribution < 1.29 is 14.7 Å². The van der Waals surface area contributed by atoms with E-state index in [0.29, 0.717) is 35.5 Å². The predicted molar refractivity (Wildman–Crippen MR) is 114 cm³/mol. The first-order chi connectivity index (χ1) is 14.5. The summed E-state index contributed by atoms with van der Waals surface area (Å²) in [6, 6.07) is 9.63. The molecule has 1 heterocycles. The van der Waals surface area contributed by atoms with Gasteiger partial charge in [-0.3, -0.25) is 9.78 Å². The summed E-state index contributed by atoms with van der Waals surface area (Å²) >= 11 is 0. The molecule has 5 atom stereocenters. The number of Topliss-reactive ketones (excluding diaryl/α,β-unsaturated/α-hetero) is 1. The van der Waals surface area contributed by atoms with E-state index >= 15 is 0 Å². The third-order valence-electron chi connectivity index (χ3n) is 8.49. The van der Waals surface area contributed by atoms with E-state index in [2.05, 4.69) is 18.0 Å². The zero-order valence-corrected chi connectivity index (χ0v) is 17.5. The summed E-state index contributed by atoms with van der Waals surface area (Å²) < 4.78 is 0. The fourth-order valence-corrected chi connectivity index (χ4v) is 7.07. The predicted octanol–water partition coefficient (Wildman–Crippen LogP) is 5.06. The van der Waals surface area contributed by atoms with Gasteiger partial charge in [-0.25, -0.2) is 4.79 Å². The van der Waals surface area contributed by atoms with Gasteiger partial charge in [0.15, 0.2) is 0 Å². The van der Waals surface area contributed by atoms with E-state index in [9.17, 15) is 14.7 Å². The fraction of sp³-hybridized carbons (Fsp3) is 0.500. The average molecular weight is 404 g/mol. The van der Waals surface area contributed by atoms with Crippen molar-refractivity contribution in [2.45, 2.75) is 57.8 Å². The van der Waals surface area contributed by atoms with Crippen LogP contribution < -0.4 is 0 Å². The number of ketones is 1. The highest BCUT2D eigenvalue weighted by molar-refractivity contribution is 5.88. The van der Waals surface area contributed by atoms with Gasteiger partial charge in [0.05, 0.1) is 5.56 Å². The van der Waals surface area contributed by atoms with Crippen molar-refractivity contribution in [2.24, 2.45) is 23.2 Å². The highest BCUT2D eigenvalue weighted by atomic mass is 16.4. The first-order valence-corrected chi connectivity index (χ1v) is 11.2. The second-order valence-corrected chi connectivity index (χ2v) is 9.81. The molecule has 4 heteroatoms. The Morgan fingerprint density at radius 1 is 1.10 bits per heavy atom. The van der Waals surface area contributed by atoms with Gasteiger partial charge in [-0.2, -0.15) is 0 Å². The minimum Gasteiger partial charge on any atom is -0.478 e. The van der Waals surface area contributed by atoms with Crippen LogP contribution in [-0.2, 0) is 17.6 Å². The Morgan fingerprint density at radius 3 is 2.67 bits per heavy atom. The maximum atomic E-state index is 13.3. The molecule has 1 aromatic carbocycles. The number of pyridine rings is 1. The molecule has 3 aliphatic rings. The second-order valence-electron chi connectivity index (χ2n) is 9.81. The zero-order valence-electron chi connectivity index (χ0n) is 17.5. The Kier molecular flexibility index (Phi) is 4.76. The van der Waals surface area contributed by atoms with Gasteiger partial charge in [0.2, 0.25) is 0 Å². The van der Waals surface area contributed by atoms with Crippen LogP contribution in [0, 0.1) is 23.2 Å². The highest BCUT2D eigenvalue weighted by Crippen LogP contribution is 2.63. The van der Waals surface area contributed by atoms with Gasteiger partial charge in [0.1, 0.15) is 5.78 Å². The maximum absolute atomic E-state index is 13.3. The average Bonchev–Trinajstić information content (AvgIpc) is 3.11. The lowest BCUT2D eigenvalue weighted by Gasteiger charge is -2.50. The number of hydrogen-bond donors (Lipinski definition) is 1. The summed E-state index contributed by atoms with van der Waals surface area (Å²) in [4.78, 5) is 28.7. The molecule has 0 radical (unpaired) electrons. The number of fused-ring (bicyclic) bond motifs is 5. The summed E-state index contributed by atoms with van der Waals surface area (Å²) in [6.45, 7) is 2.37. The minimum absolute atomic E-state index is 0.101. The van der Waals surface area contributed by atoms with Gasteiger partial charge in [0, 0.05) is 24.7 Å². The van der Waals surface area contributed by atoms with Crippen LogP contribution in [0.1, 0.15) is 72.0 Å². The molecule has 0 unspecified atom stereocenters. The second kappa shape index (κ2) is 7.33. The van der Waals surface area contributed by atoms with Gasteiger partial charge in [0.25, 0.3) is 0 Å². The number of carbonyl (C=O) groups excluding carboxylic acids is 1. The minimum atomic E-state index is -0.845. The third kappa shape index (κ3) is 3.08. The smallest absolute Gasteiger partial charge is 0.335 e. The molecular formula is C26H29NO3. The van der Waals surface area contributed by atoms with Crippen LogP contribution in [-0.4, -0.2) is 21.8 Å². The van der Waals surface area contributed by atoms with Crippen molar-refractivity contribution in [1.82, 2.24) is 4.98 Å². The Labute approximate surface area is 177 Å². The lowest BCUT2D eigenvalue weighted by molar-refractivity contribution is -0.127. The van der Waals surface area contributed by atoms with Gasteiger partial charge < -0.3 is 5.11 Å². The largest absolute Gasteiger partial charge is 0.478 e. The molecule has 1 N–H and O–H groups in total. The number of nitrogens with zero attached hydrogens (tertiary/aromatic N) is 1. The molecule has 0 saturated heterocycles. The molecule has 156 valence electrons. The van der Waals surface area contributed by atoms with Crippen LogP contribution in [0.25, 0.3) is 0 Å². The lowest BCUT2D eigenvalue weighted by Crippen LogP contribution is -2.44. The summed E-state index contributed by atoms with van der Waals surface area (Å²) in [7, 11) is 0. The molecule has 0 spiro atoms. The summed E-state index contributed by atoms with van der Waals surface area (Å²) in [5.74, 6) is 1.44. The number of aromatic nitrogens is 1. The highest BCUT2D eigenvalue weighted by Gasteiger charge is 2.56. The Bertz CT molecular complexity index is 985. The molecule has 30 heavy (non-hydrogen) atoms. The van der Waals surface area contributed by atoms with E-state index in [1.54, 1.807) is 18.5 Å². The van der Waals surface area contributed by atoms with Crippen molar-refractivity contribution in [2.75, 3.05) is 0 Å². The van der Waals surface area contributed by atoms with Crippen LogP contribution >= 0.6 is 0 Å². The van der Waals surface area contributed by atoms with Crippen molar-refractivity contribution in [3.05, 3.63) is 65.0 Å². The first-order valence-electron chi connectivity index (χ1n) is 11.2. The third-order valence-corrected chi connectivity index (χ3v) is 8.49. The van der Waals surface area contributed by atoms with Gasteiger partial charge in [-0.15, -0.1) is 0 Å². The van der Waals surface area contributed by atoms with Crippen LogP contribution in [0.4, 0.5) is 0 Å². The molecule has 3 aliphatic carbocycles. The van der Waals surface area contributed by atoms with Gasteiger partial charge >= 0.3 is 5.97 Å². The fourth-order valence-electron chi connectivity index (χ4n) is 7.07. The molecule has 0 amide bonds. The SMILES string of the molecule is C[C@]12CC[C@@H]3c4ccc(C(=O)O)cc4CC[C@H]3[C@@H]1CC[C@H]2C(=O)Cc1ccncc1. The van der Waals surface area contributed by atoms with E-state index < -0.39 is 5.97 Å². The van der Waals surface area contributed by atoms with Crippen LogP contribution in [0.5, 0.6) is 0 Å². The Hall–Kier alpha value is -2.49. The number of benzene rings is 1. The van der Waals surface area contributed by atoms with Crippen molar-refractivity contribution >= 4 is 11.8 Å². The van der Waals surface area contributed by atoms with E-state index in [1.807, 2.05) is 18.2 Å². The molecule has 0 aliphatic heterocycles. The van der Waals surface area contributed by atoms with E-state index in [-0.39, 0.29) is 11.3 Å². The molecular weight excluding hydrogens is 374 g/mol. The van der Waals surface area contributed by atoms with Crippen LogP contribution in [0.2, 0.25) is 0 Å². The standard InChI is InChI=1S/C26H29NO3/c1-26-11-8-20-19-4-3-18(25(29)30)15-17(19)2-5-21(20)22(26)6-7-23(26)24(28)14-16-9-12-27-13-10-16/h3-4,9-10,12-13,15,20-23H,2,5-8,11,14H2,1H3,(H,29,30)/t20-,21-,22+,23+,26+/m1/s1. The van der Waals surface area contributed by atoms with E-state index in [1.165, 1.54) is 11.1 Å². The van der Waals surface area contributed by atoms with Crippen LogP contribution in [0.15, 0.2) is 42.7 Å². The number of carboxylic acid groups (broad SMARTS) is 1. The summed E-state index contributed by atoms with van der Waals surface area (Å²) in [5, 5.41) is 9.33. The molecule has 2 saturated carbocycles. The molecule has 0 bridgehead atoms. The monoisotopic (exact) mass is 403 g/mol. The quantitative estimate of drug-likeness (QED) is 0.774. The molecule has 2 aromatic rings. The van der Waals surface area contributed by atoms with Crippen LogP contribution in [0.3, 0.4) is 0 Å². The van der Waals surface area contributed by atoms with E-state index in [0.717, 1.165) is 44.1 Å². The number of aryl methyl sites for hydroxylation is 1. The number of carbonyl (C=O) groups is 2. The summed E-state index contributed by atoms with van der Waals surface area (Å²) in [6.07, 6.45) is 10.5. The Balaban J connectivity index is 1.37. The zero-order chi connectivity index (χ0) is 20.9. The molecule has 5 rings (SSSR count). The number of rotatable bonds is 4. The van der Waals surface area contributed by atoms with Gasteiger partial charge in [-0.05, 0) is 103 Å². The van der Waals surface area contributed by atoms with E-state index in [4.69, 9.17) is 0 Å². The van der Waals surface area contributed by atoms with Crippen molar-refractivity contribution in [3.8, 4) is 0 Å². The van der Waals surface area contributed by atoms with Crippen molar-refractivity contribution in [1.29, 1.82) is 0 Å². The van der Waals surface area contributed by atoms with Crippen molar-refractivity contribution in [3.63, 3.8) is 0 Å². The maximum Gasteiger partial charge on any atom is 0.335 e. The molecule has 1 aromatic heterocycles. The lowest BCUT2D eigenvalue weighted by atomic mass is 9.53. The molecule has 4 nitrogen and oxygen atoms in total. The summed E-state index contributed by atoms with van der Waals surface area (Å²) in [5.41, 5.74) is 4.16. The molecule has 2 fully saturated rings. The van der Waals surface area contributed by atoms with Gasteiger partial charge in [-0.1, -0.05) is 13.0 Å². The number of carboxylic acids is 1. The normalized spacial score (nSPS) is 32.0. The Morgan fingerprint density at radius 2 is 1.90 bits per heavy atom.